The van der Waals surface area contributed by atoms with Crippen molar-refractivity contribution in [1.82, 2.24) is 4.90 Å². The van der Waals surface area contributed by atoms with E-state index in [0.29, 0.717) is 24.6 Å². The molecular weight excluding hydrogens is 244 g/mol. The molecule has 0 bridgehead atoms. The summed E-state index contributed by atoms with van der Waals surface area (Å²) < 4.78 is 10.7. The fourth-order valence-electron chi connectivity index (χ4n) is 2.62. The van der Waals surface area contributed by atoms with Crippen LogP contribution in [0.3, 0.4) is 0 Å². The summed E-state index contributed by atoms with van der Waals surface area (Å²) in [7, 11) is 3.22. The van der Waals surface area contributed by atoms with Crippen LogP contribution >= 0.6 is 0 Å². The predicted octanol–water partition coefficient (Wildman–Crippen LogP) is 0.977. The van der Waals surface area contributed by atoms with Crippen molar-refractivity contribution in [3.63, 3.8) is 0 Å². The molecule has 5 nitrogen and oxygen atoms in total. The summed E-state index contributed by atoms with van der Waals surface area (Å²) in [6.45, 7) is 2.78. The van der Waals surface area contributed by atoms with Crippen LogP contribution in [0.4, 0.5) is 0 Å². The lowest BCUT2D eigenvalue weighted by molar-refractivity contribution is -0.127. The maximum atomic E-state index is 11.5. The van der Waals surface area contributed by atoms with E-state index in [9.17, 15) is 4.79 Å². The second kappa shape index (κ2) is 5.48. The van der Waals surface area contributed by atoms with Gasteiger partial charge in [-0.05, 0) is 6.07 Å². The Morgan fingerprint density at radius 2 is 2.05 bits per heavy atom. The van der Waals surface area contributed by atoms with E-state index >= 15 is 0 Å². The summed E-state index contributed by atoms with van der Waals surface area (Å²) in [6, 6.07) is 5.67. The van der Waals surface area contributed by atoms with Crippen LogP contribution in [0.5, 0.6) is 11.5 Å². The quantitative estimate of drug-likeness (QED) is 0.883. The van der Waals surface area contributed by atoms with Gasteiger partial charge >= 0.3 is 0 Å². The molecule has 2 N–H and O–H groups in total. The van der Waals surface area contributed by atoms with Crippen molar-refractivity contribution < 1.29 is 14.3 Å². The number of para-hydroxylation sites is 1. The zero-order valence-electron chi connectivity index (χ0n) is 11.6. The molecule has 104 valence electrons. The molecule has 2 unspecified atom stereocenters. The standard InChI is InChI=1S/C14H20N2O3/c1-9(17)16-7-11(12(15)8-16)10-5-4-6-13(18-2)14(10)19-3/h4-6,11-12H,7-8,15H2,1-3H3. The fourth-order valence-corrected chi connectivity index (χ4v) is 2.62. The second-order valence-electron chi connectivity index (χ2n) is 4.78. The van der Waals surface area contributed by atoms with E-state index in [0.717, 1.165) is 5.56 Å². The van der Waals surface area contributed by atoms with Crippen LogP contribution in [0, 0.1) is 0 Å². The van der Waals surface area contributed by atoms with E-state index in [1.54, 1.807) is 26.0 Å². The molecule has 1 fully saturated rings. The van der Waals surface area contributed by atoms with Crippen molar-refractivity contribution in [2.24, 2.45) is 5.73 Å². The third-order valence-corrected chi connectivity index (χ3v) is 3.64. The number of rotatable bonds is 3. The monoisotopic (exact) mass is 264 g/mol. The number of methoxy groups -OCH3 is 2. The van der Waals surface area contributed by atoms with Gasteiger partial charge in [-0.1, -0.05) is 12.1 Å². The average molecular weight is 264 g/mol. The van der Waals surface area contributed by atoms with Gasteiger partial charge in [-0.3, -0.25) is 4.79 Å². The van der Waals surface area contributed by atoms with Crippen molar-refractivity contribution in [2.45, 2.75) is 18.9 Å². The zero-order chi connectivity index (χ0) is 14.0. The van der Waals surface area contributed by atoms with Gasteiger partial charge in [0.05, 0.1) is 14.2 Å². The molecule has 5 heteroatoms. The highest BCUT2D eigenvalue weighted by atomic mass is 16.5. The molecule has 0 aromatic heterocycles. The van der Waals surface area contributed by atoms with Crippen molar-refractivity contribution in [2.75, 3.05) is 27.3 Å². The van der Waals surface area contributed by atoms with Crippen LogP contribution < -0.4 is 15.2 Å². The third kappa shape index (κ3) is 2.51. The number of benzene rings is 1. The largest absolute Gasteiger partial charge is 0.493 e. The maximum Gasteiger partial charge on any atom is 0.219 e. The lowest BCUT2D eigenvalue weighted by Gasteiger charge is -2.19. The van der Waals surface area contributed by atoms with E-state index < -0.39 is 0 Å². The first-order chi connectivity index (χ1) is 9.08. The first-order valence-corrected chi connectivity index (χ1v) is 6.30. The minimum atomic E-state index is -0.0788. The van der Waals surface area contributed by atoms with Crippen LogP contribution in [0.1, 0.15) is 18.4 Å². The molecule has 1 aliphatic rings. The van der Waals surface area contributed by atoms with Gasteiger partial charge in [0.2, 0.25) is 5.91 Å². The lowest BCUT2D eigenvalue weighted by atomic mass is 9.93. The Balaban J connectivity index is 2.34. The molecule has 1 heterocycles. The lowest BCUT2D eigenvalue weighted by Crippen LogP contribution is -2.30. The van der Waals surface area contributed by atoms with E-state index in [2.05, 4.69) is 0 Å². The normalized spacial score (nSPS) is 22.4. The topological polar surface area (TPSA) is 64.8 Å². The molecule has 2 atom stereocenters. The van der Waals surface area contributed by atoms with Crippen LogP contribution in [-0.4, -0.2) is 44.2 Å². The molecule has 0 radical (unpaired) electrons. The summed E-state index contributed by atoms with van der Waals surface area (Å²) >= 11 is 0. The number of carbonyl (C=O) groups excluding carboxylic acids is 1. The fraction of sp³-hybridized carbons (Fsp3) is 0.500. The highest BCUT2D eigenvalue weighted by Gasteiger charge is 2.34. The van der Waals surface area contributed by atoms with E-state index in [1.807, 2.05) is 18.2 Å². The Hall–Kier alpha value is -1.75. The van der Waals surface area contributed by atoms with Gasteiger partial charge in [0.25, 0.3) is 0 Å². The van der Waals surface area contributed by atoms with Crippen LogP contribution in [0.25, 0.3) is 0 Å². The molecule has 1 saturated heterocycles. The average Bonchev–Trinajstić information content (AvgIpc) is 2.79. The van der Waals surface area contributed by atoms with E-state index in [-0.39, 0.29) is 17.9 Å². The summed E-state index contributed by atoms with van der Waals surface area (Å²) in [5.74, 6) is 1.53. The third-order valence-electron chi connectivity index (χ3n) is 3.64. The van der Waals surface area contributed by atoms with Crippen LogP contribution in [-0.2, 0) is 4.79 Å². The number of carbonyl (C=O) groups is 1. The summed E-state index contributed by atoms with van der Waals surface area (Å²) in [6.07, 6.45) is 0. The van der Waals surface area contributed by atoms with Gasteiger partial charge in [-0.25, -0.2) is 0 Å². The minimum Gasteiger partial charge on any atom is -0.493 e. The first-order valence-electron chi connectivity index (χ1n) is 6.30. The smallest absolute Gasteiger partial charge is 0.219 e. The van der Waals surface area contributed by atoms with Crippen molar-refractivity contribution in [1.29, 1.82) is 0 Å². The molecule has 1 aromatic carbocycles. The first kappa shape index (κ1) is 13.7. The van der Waals surface area contributed by atoms with Gasteiger partial charge in [0.1, 0.15) is 0 Å². The summed E-state index contributed by atoms with van der Waals surface area (Å²) in [5.41, 5.74) is 7.16. The van der Waals surface area contributed by atoms with Crippen LogP contribution in [0.15, 0.2) is 18.2 Å². The Kier molecular flexibility index (Phi) is 3.95. The van der Waals surface area contributed by atoms with Crippen molar-refractivity contribution in [3.8, 4) is 11.5 Å². The van der Waals surface area contributed by atoms with Gasteiger partial charge < -0.3 is 20.1 Å². The van der Waals surface area contributed by atoms with E-state index in [1.165, 1.54) is 0 Å². The second-order valence-corrected chi connectivity index (χ2v) is 4.78. The summed E-state index contributed by atoms with van der Waals surface area (Å²) in [5, 5.41) is 0. The molecule has 19 heavy (non-hydrogen) atoms. The molecule has 1 aliphatic heterocycles. The number of amides is 1. The number of hydrogen-bond acceptors (Lipinski definition) is 4. The molecule has 2 rings (SSSR count). The summed E-state index contributed by atoms with van der Waals surface area (Å²) in [4.78, 5) is 13.2. The molecule has 0 spiro atoms. The Morgan fingerprint density at radius 1 is 1.32 bits per heavy atom. The highest BCUT2D eigenvalue weighted by molar-refractivity contribution is 5.74. The number of nitrogens with zero attached hydrogens (tertiary/aromatic N) is 1. The van der Waals surface area contributed by atoms with Crippen molar-refractivity contribution >= 4 is 5.91 Å². The Morgan fingerprint density at radius 3 is 2.58 bits per heavy atom. The highest BCUT2D eigenvalue weighted by Crippen LogP contribution is 2.38. The number of hydrogen-bond donors (Lipinski definition) is 1. The molecule has 1 aromatic rings. The molecule has 0 aliphatic carbocycles. The van der Waals surface area contributed by atoms with Gasteiger partial charge in [0, 0.05) is 37.5 Å². The predicted molar refractivity (Wildman–Crippen MR) is 72.5 cm³/mol. The van der Waals surface area contributed by atoms with Gasteiger partial charge in [-0.2, -0.15) is 0 Å². The number of nitrogens with two attached hydrogens (primary N) is 1. The molecule has 1 amide bonds. The minimum absolute atomic E-state index is 0.0554. The SMILES string of the molecule is COc1cccc(C2CN(C(C)=O)CC2N)c1OC. The van der Waals surface area contributed by atoms with Gasteiger partial charge in [-0.15, -0.1) is 0 Å². The number of likely N-dealkylation sites (tertiary alicyclic amines) is 1. The maximum absolute atomic E-state index is 11.5. The number of ether oxygens (including phenoxy) is 2. The van der Waals surface area contributed by atoms with Crippen molar-refractivity contribution in [3.05, 3.63) is 23.8 Å². The Bertz CT molecular complexity index is 476. The van der Waals surface area contributed by atoms with Crippen LogP contribution in [0.2, 0.25) is 0 Å². The Labute approximate surface area is 113 Å². The van der Waals surface area contributed by atoms with Gasteiger partial charge in [0.15, 0.2) is 11.5 Å². The van der Waals surface area contributed by atoms with E-state index in [4.69, 9.17) is 15.2 Å². The molecular formula is C14H20N2O3. The zero-order valence-corrected chi connectivity index (χ0v) is 11.6. The molecule has 0 saturated carbocycles.